The third-order valence-corrected chi connectivity index (χ3v) is 4.97. The normalized spacial score (nSPS) is 13.5. The van der Waals surface area contributed by atoms with Crippen LogP contribution < -0.4 is 10.2 Å². The minimum absolute atomic E-state index is 0.0119. The molecular weight excluding hydrogens is 434 g/mol. The van der Waals surface area contributed by atoms with E-state index in [2.05, 4.69) is 5.32 Å². The largest absolute Gasteiger partial charge is 0.449 e. The fraction of sp³-hybridized carbons (Fsp3) is 0.0833. The highest BCUT2D eigenvalue weighted by molar-refractivity contribution is 6.34. The number of hydrogen-bond donors (Lipinski definition) is 1. The Hall–Kier alpha value is -4.40. The molecule has 166 valence electrons. The summed E-state index contributed by atoms with van der Waals surface area (Å²) in [6.07, 6.45) is -1.19. The molecule has 0 spiro atoms. The molecule has 3 aromatic rings. The van der Waals surface area contributed by atoms with Crippen molar-refractivity contribution in [3.63, 3.8) is 0 Å². The predicted octanol–water partition coefficient (Wildman–Crippen LogP) is 3.95. The Morgan fingerprint density at radius 3 is 2.06 bits per heavy atom. The van der Waals surface area contributed by atoms with Gasteiger partial charge in [-0.05, 0) is 73.7 Å². The van der Waals surface area contributed by atoms with E-state index >= 15 is 0 Å². The predicted molar refractivity (Wildman–Crippen MR) is 114 cm³/mol. The van der Waals surface area contributed by atoms with Gasteiger partial charge in [0, 0.05) is 5.69 Å². The Kier molecular flexibility index (Phi) is 5.70. The van der Waals surface area contributed by atoms with E-state index in [-0.39, 0.29) is 22.4 Å². The molecule has 1 heterocycles. The number of rotatable bonds is 5. The lowest BCUT2D eigenvalue weighted by Crippen LogP contribution is -2.30. The van der Waals surface area contributed by atoms with Gasteiger partial charge in [-0.3, -0.25) is 14.4 Å². The number of fused-ring (bicyclic) bond motifs is 1. The molecule has 1 unspecified atom stereocenters. The maximum atomic E-state index is 13.2. The van der Waals surface area contributed by atoms with Crippen molar-refractivity contribution < 1.29 is 32.7 Å². The van der Waals surface area contributed by atoms with Gasteiger partial charge in [0.25, 0.3) is 17.7 Å². The summed E-state index contributed by atoms with van der Waals surface area (Å²) >= 11 is 0. The molecule has 3 amide bonds. The van der Waals surface area contributed by atoms with Crippen LogP contribution in [-0.2, 0) is 9.53 Å². The van der Waals surface area contributed by atoms with Gasteiger partial charge in [0.2, 0.25) is 0 Å². The maximum Gasteiger partial charge on any atom is 0.338 e. The number of benzene rings is 3. The van der Waals surface area contributed by atoms with Crippen molar-refractivity contribution in [2.45, 2.75) is 13.0 Å². The zero-order valence-electron chi connectivity index (χ0n) is 17.2. The molecule has 4 rings (SSSR count). The second-order valence-electron chi connectivity index (χ2n) is 7.23. The van der Waals surface area contributed by atoms with E-state index in [1.165, 1.54) is 61.5 Å². The van der Waals surface area contributed by atoms with Gasteiger partial charge in [-0.1, -0.05) is 0 Å². The molecule has 0 saturated heterocycles. The average Bonchev–Trinajstić information content (AvgIpc) is 3.05. The van der Waals surface area contributed by atoms with Crippen LogP contribution in [-0.4, -0.2) is 29.8 Å². The third-order valence-electron chi connectivity index (χ3n) is 4.97. The molecule has 0 aliphatic carbocycles. The van der Waals surface area contributed by atoms with Crippen molar-refractivity contribution in [3.05, 3.63) is 95.1 Å². The van der Waals surface area contributed by atoms with E-state index in [0.717, 1.165) is 17.0 Å². The Bertz CT molecular complexity index is 1270. The van der Waals surface area contributed by atoms with E-state index in [1.54, 1.807) is 0 Å². The molecule has 33 heavy (non-hydrogen) atoms. The summed E-state index contributed by atoms with van der Waals surface area (Å²) in [4.78, 5) is 51.1. The summed E-state index contributed by atoms with van der Waals surface area (Å²) in [7, 11) is 0. The van der Waals surface area contributed by atoms with Crippen LogP contribution in [0.5, 0.6) is 0 Å². The van der Waals surface area contributed by atoms with Gasteiger partial charge >= 0.3 is 5.97 Å². The smallest absolute Gasteiger partial charge is 0.338 e. The van der Waals surface area contributed by atoms with Crippen molar-refractivity contribution in [1.29, 1.82) is 0 Å². The van der Waals surface area contributed by atoms with Gasteiger partial charge < -0.3 is 10.1 Å². The van der Waals surface area contributed by atoms with Crippen LogP contribution >= 0.6 is 0 Å². The topological polar surface area (TPSA) is 92.8 Å². The highest BCUT2D eigenvalue weighted by Gasteiger charge is 2.37. The van der Waals surface area contributed by atoms with Gasteiger partial charge in [-0.2, -0.15) is 0 Å². The molecule has 1 atom stereocenters. The Morgan fingerprint density at radius 1 is 0.848 bits per heavy atom. The number of carbonyl (C=O) groups is 4. The summed E-state index contributed by atoms with van der Waals surface area (Å²) in [6.45, 7) is 1.36. The van der Waals surface area contributed by atoms with Gasteiger partial charge in [-0.25, -0.2) is 18.5 Å². The molecule has 0 aromatic heterocycles. The monoisotopic (exact) mass is 450 g/mol. The number of carbonyl (C=O) groups excluding carboxylic acids is 4. The summed E-state index contributed by atoms with van der Waals surface area (Å²) in [5.41, 5.74) is 0.562. The van der Waals surface area contributed by atoms with Crippen LogP contribution in [0.3, 0.4) is 0 Å². The number of imide groups is 1. The lowest BCUT2D eigenvalue weighted by atomic mass is 10.1. The minimum Gasteiger partial charge on any atom is -0.449 e. The van der Waals surface area contributed by atoms with E-state index in [9.17, 15) is 28.0 Å². The first-order chi connectivity index (χ1) is 15.7. The lowest BCUT2D eigenvalue weighted by Gasteiger charge is -2.14. The maximum absolute atomic E-state index is 13.2. The molecule has 1 N–H and O–H groups in total. The number of halogens is 2. The zero-order valence-corrected chi connectivity index (χ0v) is 17.2. The summed E-state index contributed by atoms with van der Waals surface area (Å²) in [5, 5.41) is 2.49. The van der Waals surface area contributed by atoms with E-state index < -0.39 is 41.4 Å². The molecule has 3 aromatic carbocycles. The molecule has 1 aliphatic rings. The Balaban J connectivity index is 1.48. The van der Waals surface area contributed by atoms with Crippen LogP contribution in [0.2, 0.25) is 0 Å². The van der Waals surface area contributed by atoms with E-state index in [4.69, 9.17) is 4.74 Å². The first kappa shape index (κ1) is 21.8. The van der Waals surface area contributed by atoms with E-state index in [0.29, 0.717) is 5.69 Å². The minimum atomic E-state index is -1.19. The molecular formula is C24H16F2N2O5. The fourth-order valence-corrected chi connectivity index (χ4v) is 3.25. The second-order valence-corrected chi connectivity index (χ2v) is 7.23. The van der Waals surface area contributed by atoms with Crippen molar-refractivity contribution in [3.8, 4) is 0 Å². The Labute approximate surface area is 186 Å². The first-order valence-electron chi connectivity index (χ1n) is 9.80. The van der Waals surface area contributed by atoms with Gasteiger partial charge in [0.1, 0.15) is 11.6 Å². The molecule has 0 fully saturated rings. The molecule has 0 saturated carbocycles. The number of ether oxygens (including phenoxy) is 1. The van der Waals surface area contributed by atoms with E-state index in [1.807, 2.05) is 0 Å². The number of nitrogens with one attached hydrogen (secondary N) is 1. The van der Waals surface area contributed by atoms with Crippen molar-refractivity contribution in [1.82, 2.24) is 0 Å². The highest BCUT2D eigenvalue weighted by Crippen LogP contribution is 2.29. The first-order valence-corrected chi connectivity index (χ1v) is 9.80. The number of nitrogens with zero attached hydrogens (tertiary/aromatic N) is 1. The molecule has 1 aliphatic heterocycles. The average molecular weight is 450 g/mol. The number of hydrogen-bond acceptors (Lipinski definition) is 5. The van der Waals surface area contributed by atoms with Crippen LogP contribution in [0, 0.1) is 11.6 Å². The van der Waals surface area contributed by atoms with Gasteiger partial charge in [0.05, 0.1) is 22.4 Å². The van der Waals surface area contributed by atoms with Crippen LogP contribution in [0.25, 0.3) is 0 Å². The second kappa shape index (κ2) is 8.62. The molecule has 7 nitrogen and oxygen atoms in total. The Morgan fingerprint density at radius 2 is 1.42 bits per heavy atom. The molecule has 9 heteroatoms. The summed E-state index contributed by atoms with van der Waals surface area (Å²) < 4.78 is 31.3. The van der Waals surface area contributed by atoms with Crippen molar-refractivity contribution >= 4 is 35.1 Å². The van der Waals surface area contributed by atoms with Gasteiger partial charge in [0.15, 0.2) is 6.10 Å². The van der Waals surface area contributed by atoms with Crippen molar-refractivity contribution in [2.24, 2.45) is 0 Å². The summed E-state index contributed by atoms with van der Waals surface area (Å²) in [6, 6.07) is 13.8. The SMILES string of the molecule is CC(OC(=O)c1ccc2c(c1)C(=O)N(c1ccc(F)cc1)C2=O)C(=O)Nc1ccc(F)cc1. The standard InChI is InChI=1S/C24H16F2N2O5/c1-13(21(29)27-17-7-3-15(25)4-8-17)33-24(32)14-2-11-19-20(12-14)23(31)28(22(19)30)18-9-5-16(26)6-10-18/h2-13H,1H3,(H,27,29). The number of anilines is 2. The highest BCUT2D eigenvalue weighted by atomic mass is 19.1. The summed E-state index contributed by atoms with van der Waals surface area (Å²) in [5.74, 6) is -3.76. The van der Waals surface area contributed by atoms with Crippen LogP contribution in [0.15, 0.2) is 66.7 Å². The van der Waals surface area contributed by atoms with Crippen LogP contribution in [0.4, 0.5) is 20.2 Å². The third kappa shape index (κ3) is 4.33. The molecule has 0 bridgehead atoms. The van der Waals surface area contributed by atoms with Crippen LogP contribution in [0.1, 0.15) is 38.0 Å². The fourth-order valence-electron chi connectivity index (χ4n) is 3.25. The van der Waals surface area contributed by atoms with Gasteiger partial charge in [-0.15, -0.1) is 0 Å². The zero-order chi connectivity index (χ0) is 23.7. The number of amides is 3. The molecule has 0 radical (unpaired) electrons. The quantitative estimate of drug-likeness (QED) is 0.469. The van der Waals surface area contributed by atoms with Crippen molar-refractivity contribution in [2.75, 3.05) is 10.2 Å². The number of esters is 1. The lowest BCUT2D eigenvalue weighted by molar-refractivity contribution is -0.123.